The van der Waals surface area contributed by atoms with E-state index in [9.17, 15) is 14.1 Å². The zero-order chi connectivity index (χ0) is 18.4. The molecule has 0 fully saturated rings. The third-order valence-corrected chi connectivity index (χ3v) is 5.12. The second-order valence-corrected chi connectivity index (χ2v) is 7.20. The number of aromatic nitrogens is 3. The fraction of sp³-hybridized carbons (Fsp3) is 0.167. The van der Waals surface area contributed by atoms with Gasteiger partial charge in [-0.25, -0.2) is 14.8 Å². The third kappa shape index (κ3) is 2.59. The fourth-order valence-electron chi connectivity index (χ4n) is 2.92. The quantitative estimate of drug-likeness (QED) is 0.593. The van der Waals surface area contributed by atoms with Gasteiger partial charge in [0, 0.05) is 28.1 Å². The number of benzene rings is 1. The molecule has 0 saturated carbocycles. The van der Waals surface area contributed by atoms with Crippen molar-refractivity contribution in [3.8, 4) is 11.6 Å². The number of nitrogens with zero attached hydrogens (tertiary/aromatic N) is 3. The average molecular weight is 369 g/mol. The summed E-state index contributed by atoms with van der Waals surface area (Å²) in [4.78, 5) is 20.6. The first-order valence-electron chi connectivity index (χ1n) is 7.96. The van der Waals surface area contributed by atoms with Crippen LogP contribution < -0.4 is 0 Å². The van der Waals surface area contributed by atoms with Gasteiger partial charge in [-0.15, -0.1) is 0 Å². The van der Waals surface area contributed by atoms with Gasteiger partial charge in [0.1, 0.15) is 16.9 Å². The second kappa shape index (κ2) is 6.06. The molecule has 0 aliphatic carbocycles. The molecule has 3 heterocycles. The van der Waals surface area contributed by atoms with Crippen molar-refractivity contribution in [1.82, 2.24) is 14.4 Å². The molecule has 4 aromatic rings. The summed E-state index contributed by atoms with van der Waals surface area (Å²) in [5, 5.41) is 9.23. The lowest BCUT2D eigenvalue weighted by Crippen LogP contribution is -1.97. The number of carboxylic acid groups (broad SMARTS) is 1. The smallest absolute Gasteiger partial charge is 0.356 e. The van der Waals surface area contributed by atoms with Crippen molar-refractivity contribution >= 4 is 33.5 Å². The Hall–Kier alpha value is -3.00. The summed E-state index contributed by atoms with van der Waals surface area (Å²) in [6, 6.07) is 8.89. The Morgan fingerprint density at radius 3 is 2.77 bits per heavy atom. The average Bonchev–Trinajstić information content (AvgIpc) is 3.23. The summed E-state index contributed by atoms with van der Waals surface area (Å²) in [5.41, 5.74) is 3.27. The molecule has 4 rings (SSSR count). The highest BCUT2D eigenvalue weighted by atomic mass is 32.2. The van der Waals surface area contributed by atoms with Crippen molar-refractivity contribution in [1.29, 1.82) is 0 Å². The Labute approximate surface area is 150 Å². The number of carboxylic acids is 1. The van der Waals surface area contributed by atoms with Crippen molar-refractivity contribution in [2.75, 3.05) is 6.26 Å². The zero-order valence-corrected chi connectivity index (χ0v) is 14.9. The number of hydrogen-bond acceptors (Lipinski definition) is 5. The highest BCUT2D eigenvalue weighted by molar-refractivity contribution is 7.84. The number of aryl methyl sites for hydroxylation is 1. The largest absolute Gasteiger partial charge is 0.476 e. The van der Waals surface area contributed by atoms with Crippen LogP contribution in [0.5, 0.6) is 0 Å². The van der Waals surface area contributed by atoms with Crippen LogP contribution in [0.1, 0.15) is 23.0 Å². The number of oxazole rings is 1. The minimum atomic E-state index is -1.11. The van der Waals surface area contributed by atoms with E-state index in [-0.39, 0.29) is 5.69 Å². The van der Waals surface area contributed by atoms with E-state index < -0.39 is 16.8 Å². The van der Waals surface area contributed by atoms with Crippen LogP contribution in [0.3, 0.4) is 0 Å². The molecule has 0 amide bonds. The van der Waals surface area contributed by atoms with E-state index in [1.54, 1.807) is 34.9 Å². The van der Waals surface area contributed by atoms with Crippen molar-refractivity contribution in [2.24, 2.45) is 0 Å². The molecule has 0 bridgehead atoms. The van der Waals surface area contributed by atoms with Gasteiger partial charge >= 0.3 is 5.97 Å². The van der Waals surface area contributed by atoms with E-state index in [4.69, 9.17) is 4.42 Å². The van der Waals surface area contributed by atoms with Gasteiger partial charge in [0.25, 0.3) is 0 Å². The number of imidazole rings is 1. The zero-order valence-electron chi connectivity index (χ0n) is 14.1. The SMILES string of the molecule is CCc1ccc2nc(C(=O)O)cn2c1-c1nc2cc(S(C)=O)ccc2o1. The molecule has 1 unspecified atom stereocenters. The molecule has 0 radical (unpaired) electrons. The van der Waals surface area contributed by atoms with Gasteiger partial charge < -0.3 is 9.52 Å². The van der Waals surface area contributed by atoms with E-state index in [2.05, 4.69) is 9.97 Å². The molecular formula is C18H15N3O4S. The Morgan fingerprint density at radius 2 is 2.08 bits per heavy atom. The van der Waals surface area contributed by atoms with Crippen LogP contribution in [0.25, 0.3) is 28.3 Å². The molecule has 7 nitrogen and oxygen atoms in total. The molecule has 1 atom stereocenters. The normalized spacial score (nSPS) is 12.7. The lowest BCUT2D eigenvalue weighted by Gasteiger charge is -2.07. The number of rotatable bonds is 4. The van der Waals surface area contributed by atoms with Gasteiger partial charge in [-0.2, -0.15) is 0 Å². The predicted octanol–water partition coefficient (Wildman–Crippen LogP) is 3.14. The van der Waals surface area contributed by atoms with Crippen LogP contribution in [0, 0.1) is 0 Å². The lowest BCUT2D eigenvalue weighted by molar-refractivity contribution is 0.0691. The minimum Gasteiger partial charge on any atom is -0.476 e. The van der Waals surface area contributed by atoms with Gasteiger partial charge in [0.15, 0.2) is 11.3 Å². The van der Waals surface area contributed by atoms with E-state index in [0.717, 1.165) is 12.0 Å². The molecule has 3 aromatic heterocycles. The topological polar surface area (TPSA) is 97.7 Å². The van der Waals surface area contributed by atoms with E-state index >= 15 is 0 Å². The Balaban J connectivity index is 1.98. The van der Waals surface area contributed by atoms with Crippen LogP contribution in [0.4, 0.5) is 0 Å². The molecule has 1 N–H and O–H groups in total. The fourth-order valence-corrected chi connectivity index (χ4v) is 3.45. The Morgan fingerprint density at radius 1 is 1.27 bits per heavy atom. The first kappa shape index (κ1) is 16.5. The van der Waals surface area contributed by atoms with Crippen molar-refractivity contribution in [2.45, 2.75) is 18.2 Å². The second-order valence-electron chi connectivity index (χ2n) is 5.82. The van der Waals surface area contributed by atoms with Crippen molar-refractivity contribution in [3.63, 3.8) is 0 Å². The Kier molecular flexibility index (Phi) is 3.84. The summed E-state index contributed by atoms with van der Waals surface area (Å²) in [6.07, 6.45) is 3.79. The van der Waals surface area contributed by atoms with Crippen LogP contribution in [-0.4, -0.2) is 35.9 Å². The molecule has 26 heavy (non-hydrogen) atoms. The molecule has 8 heteroatoms. The van der Waals surface area contributed by atoms with Crippen molar-refractivity contribution in [3.05, 3.63) is 47.8 Å². The van der Waals surface area contributed by atoms with E-state index in [0.29, 0.717) is 33.2 Å². The van der Waals surface area contributed by atoms with Crippen LogP contribution in [-0.2, 0) is 17.2 Å². The standard InChI is InChI=1S/C18H15N3O4S/c1-3-10-4-7-15-19-13(18(22)23)9-21(15)16(10)17-20-12-8-11(26(2)24)5-6-14(12)25-17/h4-9H,3H2,1-2H3,(H,22,23). The molecule has 1 aromatic carbocycles. The lowest BCUT2D eigenvalue weighted by atomic mass is 10.1. The first-order chi connectivity index (χ1) is 12.5. The van der Waals surface area contributed by atoms with Crippen LogP contribution in [0.2, 0.25) is 0 Å². The summed E-state index contributed by atoms with van der Waals surface area (Å²) >= 11 is 0. The highest BCUT2D eigenvalue weighted by Gasteiger charge is 2.19. The van der Waals surface area contributed by atoms with Gasteiger partial charge in [-0.1, -0.05) is 13.0 Å². The van der Waals surface area contributed by atoms with E-state index in [1.807, 2.05) is 13.0 Å². The molecule has 0 aliphatic heterocycles. The summed E-state index contributed by atoms with van der Waals surface area (Å²) in [6.45, 7) is 2.00. The number of hydrogen-bond donors (Lipinski definition) is 1. The molecule has 0 saturated heterocycles. The highest BCUT2D eigenvalue weighted by Crippen LogP contribution is 2.29. The molecular weight excluding hydrogens is 354 g/mol. The first-order valence-corrected chi connectivity index (χ1v) is 9.52. The Bertz CT molecular complexity index is 1190. The summed E-state index contributed by atoms with van der Waals surface area (Å²) < 4.78 is 19.3. The molecule has 0 spiro atoms. The number of carbonyl (C=O) groups is 1. The number of fused-ring (bicyclic) bond motifs is 2. The number of pyridine rings is 1. The van der Waals surface area contributed by atoms with Gasteiger partial charge in [-0.05, 0) is 36.2 Å². The predicted molar refractivity (Wildman–Crippen MR) is 96.9 cm³/mol. The maximum atomic E-state index is 11.7. The maximum absolute atomic E-state index is 11.7. The third-order valence-electron chi connectivity index (χ3n) is 4.21. The minimum absolute atomic E-state index is 0.0423. The van der Waals surface area contributed by atoms with Gasteiger partial charge in [-0.3, -0.25) is 8.61 Å². The van der Waals surface area contributed by atoms with Gasteiger partial charge in [0.2, 0.25) is 5.89 Å². The van der Waals surface area contributed by atoms with Gasteiger partial charge in [0.05, 0.1) is 0 Å². The van der Waals surface area contributed by atoms with Crippen LogP contribution in [0.15, 0.2) is 45.8 Å². The van der Waals surface area contributed by atoms with E-state index in [1.165, 1.54) is 6.20 Å². The van der Waals surface area contributed by atoms with Crippen LogP contribution >= 0.6 is 0 Å². The summed E-state index contributed by atoms with van der Waals surface area (Å²) in [5.74, 6) is -0.721. The number of aromatic carboxylic acids is 1. The monoisotopic (exact) mass is 369 g/mol. The summed E-state index contributed by atoms with van der Waals surface area (Å²) in [7, 11) is -1.11. The molecule has 0 aliphatic rings. The van der Waals surface area contributed by atoms with Crippen molar-refractivity contribution < 1.29 is 18.5 Å². The molecule has 132 valence electrons. The maximum Gasteiger partial charge on any atom is 0.356 e.